The SMILES string of the molecule is Cc1ccc(NC(=O)/C=C/CN(C)C)cc1Nc1cc(Nc2ccc(F)c(Cl)c2)ncn1. The van der Waals surface area contributed by atoms with Gasteiger partial charge in [-0.15, -0.1) is 0 Å². The van der Waals surface area contributed by atoms with Crippen molar-refractivity contribution >= 4 is 46.2 Å². The maximum atomic E-state index is 13.4. The normalized spacial score (nSPS) is 11.1. The molecule has 0 aliphatic rings. The molecule has 0 fully saturated rings. The minimum Gasteiger partial charge on any atom is -0.340 e. The third kappa shape index (κ3) is 6.76. The molecule has 2 aromatic carbocycles. The molecule has 1 amide bonds. The largest absolute Gasteiger partial charge is 0.340 e. The number of rotatable bonds is 8. The zero-order chi connectivity index (χ0) is 23.1. The molecule has 0 bridgehead atoms. The molecule has 0 unspecified atom stereocenters. The first-order valence-corrected chi connectivity index (χ1v) is 10.2. The maximum Gasteiger partial charge on any atom is 0.248 e. The molecule has 1 aromatic heterocycles. The fourth-order valence-corrected chi connectivity index (χ4v) is 2.92. The van der Waals surface area contributed by atoms with Crippen molar-refractivity contribution in [1.82, 2.24) is 14.9 Å². The van der Waals surface area contributed by atoms with Gasteiger partial charge in [-0.2, -0.15) is 0 Å². The van der Waals surface area contributed by atoms with Crippen molar-refractivity contribution in [2.45, 2.75) is 6.92 Å². The molecule has 0 saturated heterocycles. The number of carbonyl (C=O) groups excluding carboxylic acids is 1. The van der Waals surface area contributed by atoms with Gasteiger partial charge in [-0.3, -0.25) is 4.79 Å². The number of carbonyl (C=O) groups is 1. The minimum atomic E-state index is -0.488. The van der Waals surface area contributed by atoms with Crippen LogP contribution in [0.5, 0.6) is 0 Å². The van der Waals surface area contributed by atoms with Gasteiger partial charge in [0.25, 0.3) is 0 Å². The van der Waals surface area contributed by atoms with Crippen LogP contribution in [0.1, 0.15) is 5.56 Å². The number of likely N-dealkylation sites (N-methyl/N-ethyl adjacent to an activating group) is 1. The van der Waals surface area contributed by atoms with Crippen LogP contribution in [0.4, 0.5) is 33.1 Å². The molecule has 166 valence electrons. The van der Waals surface area contributed by atoms with Gasteiger partial charge in [-0.25, -0.2) is 14.4 Å². The number of aromatic nitrogens is 2. The summed E-state index contributed by atoms with van der Waals surface area (Å²) in [6, 6.07) is 11.6. The number of aryl methyl sites for hydroxylation is 1. The van der Waals surface area contributed by atoms with E-state index in [-0.39, 0.29) is 10.9 Å². The van der Waals surface area contributed by atoms with E-state index < -0.39 is 5.82 Å². The highest BCUT2D eigenvalue weighted by molar-refractivity contribution is 6.31. The third-order valence-corrected chi connectivity index (χ3v) is 4.66. The van der Waals surface area contributed by atoms with Gasteiger partial charge >= 0.3 is 0 Å². The smallest absolute Gasteiger partial charge is 0.248 e. The number of nitrogens with one attached hydrogen (secondary N) is 3. The van der Waals surface area contributed by atoms with Crippen LogP contribution in [-0.2, 0) is 4.79 Å². The maximum absolute atomic E-state index is 13.4. The highest BCUT2D eigenvalue weighted by Crippen LogP contribution is 2.26. The lowest BCUT2D eigenvalue weighted by molar-refractivity contribution is -0.111. The van der Waals surface area contributed by atoms with E-state index in [2.05, 4.69) is 25.9 Å². The summed E-state index contributed by atoms with van der Waals surface area (Å²) >= 11 is 5.83. The van der Waals surface area contributed by atoms with Crippen LogP contribution in [-0.4, -0.2) is 41.4 Å². The molecule has 0 aliphatic carbocycles. The van der Waals surface area contributed by atoms with Crippen LogP contribution in [0.2, 0.25) is 5.02 Å². The summed E-state index contributed by atoms with van der Waals surface area (Å²) in [6.45, 7) is 2.63. The number of hydrogen-bond acceptors (Lipinski definition) is 6. The topological polar surface area (TPSA) is 82.2 Å². The van der Waals surface area contributed by atoms with Crippen LogP contribution in [0.3, 0.4) is 0 Å². The van der Waals surface area contributed by atoms with Gasteiger partial charge in [0.1, 0.15) is 23.8 Å². The van der Waals surface area contributed by atoms with E-state index >= 15 is 0 Å². The Morgan fingerprint density at radius 3 is 2.50 bits per heavy atom. The Hall–Kier alpha value is -3.49. The molecule has 0 spiro atoms. The average Bonchev–Trinajstić information content (AvgIpc) is 2.73. The predicted octanol–water partition coefficient (Wildman–Crippen LogP) is 5.12. The third-order valence-electron chi connectivity index (χ3n) is 4.37. The predicted molar refractivity (Wildman–Crippen MR) is 128 cm³/mol. The molecule has 1 heterocycles. The van der Waals surface area contributed by atoms with E-state index in [1.807, 2.05) is 44.1 Å². The van der Waals surface area contributed by atoms with Crippen molar-refractivity contribution in [3.63, 3.8) is 0 Å². The lowest BCUT2D eigenvalue weighted by Crippen LogP contribution is -2.13. The molecule has 9 heteroatoms. The summed E-state index contributed by atoms with van der Waals surface area (Å²) in [7, 11) is 3.87. The Morgan fingerprint density at radius 1 is 1.06 bits per heavy atom. The lowest BCUT2D eigenvalue weighted by Gasteiger charge is -2.12. The summed E-state index contributed by atoms with van der Waals surface area (Å²) in [6.07, 6.45) is 4.72. The van der Waals surface area contributed by atoms with Gasteiger partial charge in [0.05, 0.1) is 5.02 Å². The summed E-state index contributed by atoms with van der Waals surface area (Å²) in [5.41, 5.74) is 3.02. The van der Waals surface area contributed by atoms with Gasteiger partial charge in [0, 0.05) is 35.7 Å². The molecule has 0 radical (unpaired) electrons. The molecular weight excluding hydrogens is 431 g/mol. The van der Waals surface area contributed by atoms with Gasteiger partial charge in [0.2, 0.25) is 5.91 Å². The van der Waals surface area contributed by atoms with Gasteiger partial charge in [-0.05, 0) is 56.9 Å². The Bertz CT molecular complexity index is 1140. The van der Waals surface area contributed by atoms with Crippen molar-refractivity contribution in [1.29, 1.82) is 0 Å². The van der Waals surface area contributed by atoms with Crippen LogP contribution in [0, 0.1) is 12.7 Å². The first-order chi connectivity index (χ1) is 15.3. The first kappa shape index (κ1) is 23.2. The quantitative estimate of drug-likeness (QED) is 0.410. The van der Waals surface area contributed by atoms with E-state index in [9.17, 15) is 9.18 Å². The molecule has 0 saturated carbocycles. The average molecular weight is 455 g/mol. The fraction of sp³-hybridized carbons (Fsp3) is 0.174. The summed E-state index contributed by atoms with van der Waals surface area (Å²) < 4.78 is 13.4. The Labute approximate surface area is 191 Å². The Kier molecular flexibility index (Phi) is 7.75. The van der Waals surface area contributed by atoms with E-state index in [1.165, 1.54) is 24.5 Å². The minimum absolute atomic E-state index is 0.0217. The molecule has 0 aliphatic heterocycles. The van der Waals surface area contributed by atoms with Crippen LogP contribution < -0.4 is 16.0 Å². The number of nitrogens with zero attached hydrogens (tertiary/aromatic N) is 3. The van der Waals surface area contributed by atoms with E-state index in [1.54, 1.807) is 18.2 Å². The number of halogens is 2. The highest BCUT2D eigenvalue weighted by atomic mass is 35.5. The molecular formula is C23H24ClFN6O. The summed E-state index contributed by atoms with van der Waals surface area (Å²) in [5, 5.41) is 9.18. The number of hydrogen-bond donors (Lipinski definition) is 3. The summed E-state index contributed by atoms with van der Waals surface area (Å²) in [4.78, 5) is 22.5. The zero-order valence-electron chi connectivity index (χ0n) is 18.0. The molecule has 32 heavy (non-hydrogen) atoms. The van der Waals surface area contributed by atoms with Gasteiger partial charge < -0.3 is 20.9 Å². The second kappa shape index (κ2) is 10.7. The molecule has 3 rings (SSSR count). The Balaban J connectivity index is 1.70. The monoisotopic (exact) mass is 454 g/mol. The van der Waals surface area contributed by atoms with Crippen molar-refractivity contribution in [3.05, 3.63) is 77.3 Å². The highest BCUT2D eigenvalue weighted by Gasteiger charge is 2.07. The van der Waals surface area contributed by atoms with E-state index in [0.29, 0.717) is 29.6 Å². The van der Waals surface area contributed by atoms with Crippen molar-refractivity contribution in [2.75, 3.05) is 36.6 Å². The standard InChI is InChI=1S/C23H24ClFN6O/c1-15-6-7-17(29-23(32)5-4-10-31(2)3)12-20(15)30-22-13-21(26-14-27-22)28-16-8-9-19(25)18(24)11-16/h4-9,11-14H,10H2,1-3H3,(H,29,32)(H2,26,27,28,30)/b5-4+. The first-order valence-electron chi connectivity index (χ1n) is 9.84. The molecule has 0 atom stereocenters. The Morgan fingerprint density at radius 2 is 1.78 bits per heavy atom. The van der Waals surface area contributed by atoms with Crippen LogP contribution in [0.15, 0.2) is 60.9 Å². The van der Waals surface area contributed by atoms with Crippen molar-refractivity contribution < 1.29 is 9.18 Å². The summed E-state index contributed by atoms with van der Waals surface area (Å²) in [5.74, 6) is 0.373. The molecule has 3 aromatic rings. The molecule has 7 nitrogen and oxygen atoms in total. The molecule has 3 N–H and O–H groups in total. The zero-order valence-corrected chi connectivity index (χ0v) is 18.7. The van der Waals surface area contributed by atoms with Crippen molar-refractivity contribution in [2.24, 2.45) is 0 Å². The van der Waals surface area contributed by atoms with Crippen LogP contribution in [0.25, 0.3) is 0 Å². The van der Waals surface area contributed by atoms with Gasteiger partial charge in [0.15, 0.2) is 0 Å². The second-order valence-corrected chi connectivity index (χ2v) is 7.76. The number of amides is 1. The second-order valence-electron chi connectivity index (χ2n) is 7.35. The van der Waals surface area contributed by atoms with Gasteiger partial charge in [-0.1, -0.05) is 23.7 Å². The number of benzene rings is 2. The van der Waals surface area contributed by atoms with E-state index in [0.717, 1.165) is 11.3 Å². The van der Waals surface area contributed by atoms with E-state index in [4.69, 9.17) is 11.6 Å². The van der Waals surface area contributed by atoms with Crippen LogP contribution >= 0.6 is 11.6 Å². The fourth-order valence-electron chi connectivity index (χ4n) is 2.74. The van der Waals surface area contributed by atoms with Crippen molar-refractivity contribution in [3.8, 4) is 0 Å². The lowest BCUT2D eigenvalue weighted by atomic mass is 10.1. The number of anilines is 5.